The Hall–Kier alpha value is -0.670. The van der Waals surface area contributed by atoms with E-state index in [1.54, 1.807) is 7.11 Å². The monoisotopic (exact) mass is 336 g/mol. The van der Waals surface area contributed by atoms with E-state index in [9.17, 15) is 4.79 Å². The first-order chi connectivity index (χ1) is 11.2. The van der Waals surface area contributed by atoms with Gasteiger partial charge in [0.25, 0.3) is 0 Å². The van der Waals surface area contributed by atoms with Crippen LogP contribution >= 0.6 is 0 Å². The van der Waals surface area contributed by atoms with E-state index < -0.39 is 0 Å². The van der Waals surface area contributed by atoms with Gasteiger partial charge in [0.2, 0.25) is 0 Å². The molecule has 0 radical (unpaired) electrons. The van der Waals surface area contributed by atoms with E-state index in [4.69, 9.17) is 9.47 Å². The summed E-state index contributed by atoms with van der Waals surface area (Å²) in [7, 11) is 1.65. The Labute approximate surface area is 148 Å². The molecule has 0 aromatic heterocycles. The normalized spacial score (nSPS) is 33.7. The first kappa shape index (κ1) is 19.7. The third kappa shape index (κ3) is 3.94. The van der Waals surface area contributed by atoms with Gasteiger partial charge in [-0.05, 0) is 56.8 Å². The van der Waals surface area contributed by atoms with E-state index in [0.29, 0.717) is 36.2 Å². The second kappa shape index (κ2) is 7.70. The fourth-order valence-electron chi connectivity index (χ4n) is 4.88. The number of allylic oxidation sites excluding steroid dienone is 1. The quantitative estimate of drug-likeness (QED) is 0.485. The Balaban J connectivity index is 2.01. The molecule has 0 unspecified atom stereocenters. The molecule has 0 aromatic carbocycles. The summed E-state index contributed by atoms with van der Waals surface area (Å²) in [6.45, 7) is 11.4. The lowest BCUT2D eigenvalue weighted by Crippen LogP contribution is -2.39. The molecule has 3 nitrogen and oxygen atoms in total. The molecule has 5 atom stereocenters. The predicted molar refractivity (Wildman–Crippen MR) is 97.7 cm³/mol. The Bertz CT molecular complexity index is 468. The molecule has 2 aliphatic rings. The number of carbonyl (C=O) groups is 1. The maximum Gasteiger partial charge on any atom is 0.147 e. The molecule has 0 amide bonds. The van der Waals surface area contributed by atoms with Crippen LogP contribution in [0.5, 0.6) is 0 Å². The van der Waals surface area contributed by atoms with Gasteiger partial charge in [0.05, 0.1) is 5.60 Å². The van der Waals surface area contributed by atoms with Crippen LogP contribution in [0.15, 0.2) is 12.2 Å². The minimum absolute atomic E-state index is 0.213. The lowest BCUT2D eigenvalue weighted by Gasteiger charge is -2.41. The molecule has 0 heterocycles. The van der Waals surface area contributed by atoms with E-state index in [0.717, 1.165) is 19.3 Å². The molecule has 24 heavy (non-hydrogen) atoms. The van der Waals surface area contributed by atoms with Crippen molar-refractivity contribution in [3.63, 3.8) is 0 Å². The number of methoxy groups -OCH3 is 1. The first-order valence-electron chi connectivity index (χ1n) is 9.56. The Morgan fingerprint density at radius 3 is 2.67 bits per heavy atom. The number of hydrogen-bond donors (Lipinski definition) is 0. The maximum atomic E-state index is 12.3. The number of carbonyl (C=O) groups excluding carboxylic acids is 1. The van der Waals surface area contributed by atoms with Gasteiger partial charge in [0.1, 0.15) is 12.6 Å². The van der Waals surface area contributed by atoms with Gasteiger partial charge < -0.3 is 9.47 Å². The lowest BCUT2D eigenvalue weighted by molar-refractivity contribution is -0.129. The SMILES string of the molecule is COCOC(C)(C)[C@@H](C)C=C[C@@H](C)[C@H]1CC[C@H]2C(=O)CCC[C@]12C. The zero-order valence-corrected chi connectivity index (χ0v) is 16.4. The summed E-state index contributed by atoms with van der Waals surface area (Å²) in [5, 5.41) is 0. The number of ketones is 1. The molecule has 0 bridgehead atoms. The van der Waals surface area contributed by atoms with Crippen LogP contribution in [0.25, 0.3) is 0 Å². The predicted octanol–water partition coefficient (Wildman–Crippen LogP) is 5.00. The smallest absolute Gasteiger partial charge is 0.147 e. The summed E-state index contributed by atoms with van der Waals surface area (Å²) >= 11 is 0. The molecule has 3 heteroatoms. The van der Waals surface area contributed by atoms with Crippen LogP contribution in [0.2, 0.25) is 0 Å². The highest BCUT2D eigenvalue weighted by molar-refractivity contribution is 5.83. The van der Waals surface area contributed by atoms with Gasteiger partial charge in [0, 0.05) is 25.4 Å². The highest BCUT2D eigenvalue weighted by Gasteiger charge is 2.51. The molecule has 0 saturated heterocycles. The average Bonchev–Trinajstić information content (AvgIpc) is 2.88. The highest BCUT2D eigenvalue weighted by Crippen LogP contribution is 2.56. The van der Waals surface area contributed by atoms with Crippen molar-refractivity contribution in [2.75, 3.05) is 13.9 Å². The largest absolute Gasteiger partial charge is 0.359 e. The van der Waals surface area contributed by atoms with Gasteiger partial charge in [-0.25, -0.2) is 0 Å². The third-order valence-corrected chi connectivity index (χ3v) is 6.92. The average molecular weight is 337 g/mol. The van der Waals surface area contributed by atoms with Crippen molar-refractivity contribution in [3.05, 3.63) is 12.2 Å². The van der Waals surface area contributed by atoms with Crippen LogP contribution in [0.4, 0.5) is 0 Å². The number of hydrogen-bond acceptors (Lipinski definition) is 3. The Morgan fingerprint density at radius 1 is 1.29 bits per heavy atom. The van der Waals surface area contributed by atoms with Crippen LogP contribution < -0.4 is 0 Å². The summed E-state index contributed by atoms with van der Waals surface area (Å²) in [5.41, 5.74) is -0.0282. The van der Waals surface area contributed by atoms with E-state index in [1.807, 2.05) is 0 Å². The molecular weight excluding hydrogens is 300 g/mol. The molecule has 2 rings (SSSR count). The summed E-state index contributed by atoms with van der Waals surface area (Å²) < 4.78 is 10.8. The van der Waals surface area contributed by atoms with Gasteiger partial charge in [-0.2, -0.15) is 0 Å². The molecular formula is C21H36O3. The topological polar surface area (TPSA) is 35.5 Å². The van der Waals surface area contributed by atoms with Crippen LogP contribution in [-0.4, -0.2) is 25.3 Å². The fourth-order valence-corrected chi connectivity index (χ4v) is 4.88. The van der Waals surface area contributed by atoms with Crippen LogP contribution in [-0.2, 0) is 14.3 Å². The molecule has 0 N–H and O–H groups in total. The van der Waals surface area contributed by atoms with Gasteiger partial charge in [-0.15, -0.1) is 0 Å². The molecule has 0 aliphatic heterocycles. The molecule has 2 aliphatic carbocycles. The highest BCUT2D eigenvalue weighted by atomic mass is 16.7. The number of fused-ring (bicyclic) bond motifs is 1. The summed E-state index contributed by atoms with van der Waals surface area (Å²) in [6.07, 6.45) is 10.0. The summed E-state index contributed by atoms with van der Waals surface area (Å²) in [4.78, 5) is 12.3. The zero-order valence-electron chi connectivity index (χ0n) is 16.4. The first-order valence-corrected chi connectivity index (χ1v) is 9.56. The molecule has 2 saturated carbocycles. The van der Waals surface area contributed by atoms with Crippen molar-refractivity contribution in [1.29, 1.82) is 0 Å². The van der Waals surface area contributed by atoms with Gasteiger partial charge >= 0.3 is 0 Å². The van der Waals surface area contributed by atoms with Crippen LogP contribution in [0.1, 0.15) is 66.7 Å². The van der Waals surface area contributed by atoms with Gasteiger partial charge in [-0.1, -0.05) is 32.9 Å². The minimum Gasteiger partial charge on any atom is -0.359 e. The lowest BCUT2D eigenvalue weighted by atomic mass is 9.62. The van der Waals surface area contributed by atoms with Crippen molar-refractivity contribution in [3.8, 4) is 0 Å². The van der Waals surface area contributed by atoms with Crippen molar-refractivity contribution in [1.82, 2.24) is 0 Å². The fraction of sp³-hybridized carbons (Fsp3) is 0.857. The molecule has 138 valence electrons. The zero-order chi connectivity index (χ0) is 18.0. The summed E-state index contributed by atoms with van der Waals surface area (Å²) in [6, 6.07) is 0. The maximum absolute atomic E-state index is 12.3. The Morgan fingerprint density at radius 2 is 2.00 bits per heavy atom. The third-order valence-electron chi connectivity index (χ3n) is 6.92. The van der Waals surface area contributed by atoms with E-state index >= 15 is 0 Å². The number of rotatable bonds is 7. The van der Waals surface area contributed by atoms with E-state index in [-0.39, 0.29) is 11.0 Å². The second-order valence-electron chi connectivity index (χ2n) is 8.75. The van der Waals surface area contributed by atoms with Crippen molar-refractivity contribution >= 4 is 5.78 Å². The van der Waals surface area contributed by atoms with Crippen molar-refractivity contribution < 1.29 is 14.3 Å². The van der Waals surface area contributed by atoms with Gasteiger partial charge in [0.15, 0.2) is 0 Å². The molecule has 0 aromatic rings. The Kier molecular flexibility index (Phi) is 6.30. The van der Waals surface area contributed by atoms with E-state index in [2.05, 4.69) is 46.8 Å². The second-order valence-corrected chi connectivity index (χ2v) is 8.75. The van der Waals surface area contributed by atoms with Crippen molar-refractivity contribution in [2.24, 2.45) is 29.1 Å². The standard InChI is InChI=1S/C21H36O3/c1-15(9-10-16(2)20(3,4)24-14-23-6)17-11-12-18-19(22)8-7-13-21(17,18)5/h9-10,15-18H,7-8,11-14H2,1-6H3/t15-,16+,17-,18+,21-/m1/s1. The summed E-state index contributed by atoms with van der Waals surface area (Å²) in [5.74, 6) is 2.27. The molecule has 0 spiro atoms. The molecule has 2 fully saturated rings. The van der Waals surface area contributed by atoms with E-state index in [1.165, 1.54) is 12.8 Å². The van der Waals surface area contributed by atoms with Crippen LogP contribution in [0.3, 0.4) is 0 Å². The van der Waals surface area contributed by atoms with Gasteiger partial charge in [-0.3, -0.25) is 4.79 Å². The number of ether oxygens (including phenoxy) is 2. The van der Waals surface area contributed by atoms with Crippen molar-refractivity contribution in [2.45, 2.75) is 72.3 Å². The van der Waals surface area contributed by atoms with Crippen LogP contribution in [0, 0.1) is 29.1 Å². The number of Topliss-reactive ketones (excluding diaryl/α,β-unsaturated/α-hetero) is 1. The minimum atomic E-state index is -0.241.